The molecule has 0 amide bonds. The van der Waals surface area contributed by atoms with Crippen LogP contribution in [0.25, 0.3) is 0 Å². The summed E-state index contributed by atoms with van der Waals surface area (Å²) in [5.74, 6) is -0.778. The molecule has 0 fully saturated rings. The van der Waals surface area contributed by atoms with Gasteiger partial charge >= 0.3 is 19.8 Å². The monoisotopic (exact) mass is 861 g/mol. The van der Waals surface area contributed by atoms with E-state index in [-0.39, 0.29) is 25.6 Å². The molecule has 0 aliphatic heterocycles. The van der Waals surface area contributed by atoms with Crippen LogP contribution in [0, 0.1) is 0 Å². The van der Waals surface area contributed by atoms with Gasteiger partial charge in [-0.1, -0.05) is 226 Å². The van der Waals surface area contributed by atoms with Crippen LogP contribution in [-0.4, -0.2) is 74.9 Å². The second kappa shape index (κ2) is 42.3. The maximum absolute atomic E-state index is 12.7. The lowest BCUT2D eigenvalue weighted by atomic mass is 10.0. The first-order valence-electron chi connectivity index (χ1n) is 25.3. The molecule has 0 heterocycles. The summed E-state index contributed by atoms with van der Waals surface area (Å²) in [7, 11) is 1.50. The SMILES string of the molecule is CCCCCCCCCCCCCCCCCCCCC(=O)OC[C@H](COP(=O)(O)OCC[N+](C)(C)C)OC(=O)CCCCCCCCCCCCCCCCCCC. The molecule has 0 radical (unpaired) electrons. The van der Waals surface area contributed by atoms with Crippen molar-refractivity contribution in [2.75, 3.05) is 47.5 Å². The number of rotatable bonds is 47. The third-order valence-corrected chi connectivity index (χ3v) is 12.4. The highest BCUT2D eigenvalue weighted by Crippen LogP contribution is 2.43. The normalized spacial score (nSPS) is 13.4. The zero-order valence-electron chi connectivity index (χ0n) is 39.8. The van der Waals surface area contributed by atoms with Crippen LogP contribution in [-0.2, 0) is 32.7 Å². The zero-order chi connectivity index (χ0) is 43.6. The predicted molar refractivity (Wildman–Crippen MR) is 248 cm³/mol. The van der Waals surface area contributed by atoms with Crippen LogP contribution in [0.2, 0.25) is 0 Å². The summed E-state index contributed by atoms with van der Waals surface area (Å²) in [4.78, 5) is 35.5. The Hall–Kier alpha value is -0.990. The van der Waals surface area contributed by atoms with E-state index in [4.69, 9.17) is 18.5 Å². The van der Waals surface area contributed by atoms with Crippen molar-refractivity contribution in [1.29, 1.82) is 0 Å². The first kappa shape index (κ1) is 58.0. The first-order chi connectivity index (χ1) is 28.5. The summed E-state index contributed by atoms with van der Waals surface area (Å²) in [6, 6.07) is 0. The van der Waals surface area contributed by atoms with Gasteiger partial charge in [0.2, 0.25) is 0 Å². The number of unbranched alkanes of at least 4 members (excludes halogenated alkanes) is 33. The molecule has 9 nitrogen and oxygen atoms in total. The Kier molecular flexibility index (Phi) is 41.6. The van der Waals surface area contributed by atoms with Gasteiger partial charge in [0.15, 0.2) is 6.10 Å². The number of likely N-dealkylation sites (N-methyl/N-ethyl adjacent to an activating group) is 1. The highest BCUT2D eigenvalue weighted by atomic mass is 31.2. The van der Waals surface area contributed by atoms with Gasteiger partial charge in [-0.2, -0.15) is 0 Å². The Morgan fingerprint density at radius 1 is 0.458 bits per heavy atom. The third-order valence-electron chi connectivity index (χ3n) is 11.4. The van der Waals surface area contributed by atoms with Crippen LogP contribution in [0.15, 0.2) is 0 Å². The minimum absolute atomic E-state index is 0.0371. The average molecular weight is 861 g/mol. The van der Waals surface area contributed by atoms with Gasteiger partial charge in [-0.05, 0) is 12.8 Å². The van der Waals surface area contributed by atoms with E-state index in [1.807, 2.05) is 21.1 Å². The van der Waals surface area contributed by atoms with Gasteiger partial charge in [-0.15, -0.1) is 0 Å². The zero-order valence-corrected chi connectivity index (χ0v) is 40.7. The van der Waals surface area contributed by atoms with Gasteiger partial charge in [0.25, 0.3) is 0 Å². The summed E-state index contributed by atoms with van der Waals surface area (Å²) in [6.07, 6.45) is 44.3. The van der Waals surface area contributed by atoms with E-state index in [1.165, 1.54) is 186 Å². The Labute approximate surface area is 365 Å². The molecule has 352 valence electrons. The van der Waals surface area contributed by atoms with Crippen molar-refractivity contribution in [3.8, 4) is 0 Å². The van der Waals surface area contributed by atoms with Crippen LogP contribution in [0.1, 0.15) is 251 Å². The molecular formula is C49H99NO8P+. The largest absolute Gasteiger partial charge is 0.472 e. The maximum Gasteiger partial charge on any atom is 0.472 e. The van der Waals surface area contributed by atoms with E-state index in [1.54, 1.807) is 0 Å². The van der Waals surface area contributed by atoms with Crippen molar-refractivity contribution in [1.82, 2.24) is 0 Å². The van der Waals surface area contributed by atoms with Gasteiger partial charge in [-0.25, -0.2) is 4.57 Å². The van der Waals surface area contributed by atoms with E-state index in [2.05, 4.69) is 13.8 Å². The molecule has 0 aromatic carbocycles. The summed E-state index contributed by atoms with van der Waals surface area (Å²) in [5.41, 5.74) is 0. The molecule has 0 spiro atoms. The van der Waals surface area contributed by atoms with Crippen LogP contribution < -0.4 is 0 Å². The fourth-order valence-electron chi connectivity index (χ4n) is 7.43. The second-order valence-electron chi connectivity index (χ2n) is 18.6. The summed E-state index contributed by atoms with van der Waals surface area (Å²) in [5, 5.41) is 0. The lowest BCUT2D eigenvalue weighted by Gasteiger charge is -2.24. The van der Waals surface area contributed by atoms with Gasteiger partial charge in [0, 0.05) is 12.8 Å². The topological polar surface area (TPSA) is 108 Å². The van der Waals surface area contributed by atoms with Crippen LogP contribution in [0.3, 0.4) is 0 Å². The van der Waals surface area contributed by atoms with Crippen molar-refractivity contribution in [3.05, 3.63) is 0 Å². The van der Waals surface area contributed by atoms with Gasteiger partial charge in [0.1, 0.15) is 19.8 Å². The van der Waals surface area contributed by atoms with Crippen LogP contribution >= 0.6 is 7.82 Å². The van der Waals surface area contributed by atoms with Gasteiger partial charge in [-0.3, -0.25) is 18.6 Å². The molecule has 0 aromatic heterocycles. The Bertz CT molecular complexity index is 974. The van der Waals surface area contributed by atoms with Crippen molar-refractivity contribution < 1.29 is 42.1 Å². The number of quaternary nitrogens is 1. The molecule has 0 saturated carbocycles. The number of hydrogen-bond donors (Lipinski definition) is 1. The quantitative estimate of drug-likeness (QED) is 0.0279. The molecule has 0 aromatic rings. The standard InChI is InChI=1S/C49H98NO8P/c1-6-8-10-12-14-16-18-20-22-24-26-27-29-31-33-35-37-39-41-48(51)55-45-47(46-57-59(53,54)56-44-43-50(3,4)5)58-49(52)42-40-38-36-34-32-30-28-25-23-21-19-17-15-13-11-9-7-2/h47H,6-46H2,1-5H3/p+1/t47-/m1/s1. The summed E-state index contributed by atoms with van der Waals surface area (Å²) >= 11 is 0. The third kappa shape index (κ3) is 46.3. The van der Waals surface area contributed by atoms with Gasteiger partial charge < -0.3 is 18.9 Å². The smallest absolute Gasteiger partial charge is 0.462 e. The minimum atomic E-state index is -4.37. The fourth-order valence-corrected chi connectivity index (χ4v) is 8.17. The molecule has 0 aliphatic rings. The molecule has 0 rings (SSSR count). The average Bonchev–Trinajstić information content (AvgIpc) is 3.19. The van der Waals surface area contributed by atoms with Gasteiger partial charge in [0.05, 0.1) is 27.7 Å². The van der Waals surface area contributed by atoms with Crippen LogP contribution in [0.4, 0.5) is 0 Å². The number of hydrogen-bond acceptors (Lipinski definition) is 7. The van der Waals surface area contributed by atoms with Crippen molar-refractivity contribution in [2.45, 2.75) is 258 Å². The van der Waals surface area contributed by atoms with E-state index in [0.717, 1.165) is 38.5 Å². The molecule has 0 bridgehead atoms. The van der Waals surface area contributed by atoms with Crippen molar-refractivity contribution >= 4 is 19.8 Å². The molecule has 0 aliphatic carbocycles. The number of carbonyl (C=O) groups excluding carboxylic acids is 2. The lowest BCUT2D eigenvalue weighted by Crippen LogP contribution is -2.37. The Morgan fingerprint density at radius 3 is 1.08 bits per heavy atom. The predicted octanol–water partition coefficient (Wildman–Crippen LogP) is 14.8. The van der Waals surface area contributed by atoms with E-state index in [0.29, 0.717) is 17.4 Å². The molecule has 10 heteroatoms. The number of ether oxygens (including phenoxy) is 2. The van der Waals surface area contributed by atoms with Crippen molar-refractivity contribution in [2.24, 2.45) is 0 Å². The molecule has 59 heavy (non-hydrogen) atoms. The highest BCUT2D eigenvalue weighted by Gasteiger charge is 2.27. The number of phosphoric ester groups is 1. The van der Waals surface area contributed by atoms with E-state index >= 15 is 0 Å². The number of nitrogens with zero attached hydrogens (tertiary/aromatic N) is 1. The summed E-state index contributed by atoms with van der Waals surface area (Å²) in [6.45, 7) is 4.49. The van der Waals surface area contributed by atoms with Crippen molar-refractivity contribution in [3.63, 3.8) is 0 Å². The second-order valence-corrected chi connectivity index (χ2v) is 20.0. The number of phosphoric acid groups is 1. The molecule has 1 unspecified atom stereocenters. The first-order valence-corrected chi connectivity index (χ1v) is 26.8. The van der Waals surface area contributed by atoms with E-state index < -0.39 is 26.5 Å². The molecule has 0 saturated heterocycles. The Balaban J connectivity index is 4.21. The molecular weight excluding hydrogens is 762 g/mol. The van der Waals surface area contributed by atoms with Crippen LogP contribution in [0.5, 0.6) is 0 Å². The lowest BCUT2D eigenvalue weighted by molar-refractivity contribution is -0.870. The highest BCUT2D eigenvalue weighted by molar-refractivity contribution is 7.47. The van der Waals surface area contributed by atoms with E-state index in [9.17, 15) is 19.0 Å². The molecule has 1 N–H and O–H groups in total. The summed E-state index contributed by atoms with van der Waals surface area (Å²) < 4.78 is 34.5. The molecule has 2 atom stereocenters. The number of carbonyl (C=O) groups is 2. The minimum Gasteiger partial charge on any atom is -0.462 e. The maximum atomic E-state index is 12.7. The fraction of sp³-hybridized carbons (Fsp3) is 0.959. The number of esters is 2. The Morgan fingerprint density at radius 2 is 0.763 bits per heavy atom.